The van der Waals surface area contributed by atoms with Crippen LogP contribution in [0.1, 0.15) is 11.3 Å². The zero-order chi connectivity index (χ0) is 20.2. The lowest BCUT2D eigenvalue weighted by Crippen LogP contribution is -2.43. The normalized spacial score (nSPS) is 11.1. The van der Waals surface area contributed by atoms with Crippen molar-refractivity contribution in [2.45, 2.75) is 13.8 Å². The third-order valence-electron chi connectivity index (χ3n) is 3.77. The van der Waals surface area contributed by atoms with Crippen LogP contribution in [0.3, 0.4) is 0 Å². The molecular formula is C17H22N4O5S. The lowest BCUT2D eigenvalue weighted by Gasteiger charge is -2.26. The van der Waals surface area contributed by atoms with Crippen LogP contribution in [0.15, 0.2) is 34.9 Å². The minimum Gasteiger partial charge on any atom is -0.360 e. The molecule has 0 aliphatic carbocycles. The monoisotopic (exact) mass is 394 g/mol. The molecule has 1 heterocycles. The van der Waals surface area contributed by atoms with E-state index in [1.807, 2.05) is 0 Å². The molecule has 0 saturated carbocycles. The fourth-order valence-electron chi connectivity index (χ4n) is 2.38. The van der Waals surface area contributed by atoms with Crippen molar-refractivity contribution >= 4 is 33.3 Å². The summed E-state index contributed by atoms with van der Waals surface area (Å²) in [6.07, 6.45) is 1.03. The number of carbonyl (C=O) groups excluding carboxylic acids is 2. The summed E-state index contributed by atoms with van der Waals surface area (Å²) in [5.74, 6) is -0.205. The van der Waals surface area contributed by atoms with E-state index in [1.165, 1.54) is 7.05 Å². The number of hydrogen-bond donors (Lipinski definition) is 1. The van der Waals surface area contributed by atoms with Crippen LogP contribution in [0, 0.1) is 13.8 Å². The molecule has 0 fully saturated rings. The van der Waals surface area contributed by atoms with Crippen LogP contribution in [-0.4, -0.2) is 56.7 Å². The maximum absolute atomic E-state index is 12.5. The summed E-state index contributed by atoms with van der Waals surface area (Å²) in [5, 5.41) is 6.14. The summed E-state index contributed by atoms with van der Waals surface area (Å²) >= 11 is 0. The molecule has 0 atom stereocenters. The smallest absolute Gasteiger partial charge is 0.245 e. The second-order valence-electron chi connectivity index (χ2n) is 6.18. The van der Waals surface area contributed by atoms with Gasteiger partial charge in [-0.3, -0.25) is 13.9 Å². The topological polar surface area (TPSA) is 113 Å². The highest BCUT2D eigenvalue weighted by molar-refractivity contribution is 7.92. The number of rotatable bonds is 7. The molecule has 0 aliphatic heterocycles. The van der Waals surface area contributed by atoms with Crippen LogP contribution < -0.4 is 9.62 Å². The molecule has 0 bridgehead atoms. The molecule has 0 unspecified atom stereocenters. The SMILES string of the molecule is Cc1cc(NC(=O)CN(C)C(=O)CN(c2ccccc2C)S(C)(=O)=O)no1. The van der Waals surface area contributed by atoms with E-state index in [2.05, 4.69) is 10.5 Å². The van der Waals surface area contributed by atoms with Gasteiger partial charge in [-0.2, -0.15) is 0 Å². The van der Waals surface area contributed by atoms with Gasteiger partial charge in [-0.25, -0.2) is 8.42 Å². The number of nitrogens with zero attached hydrogens (tertiary/aromatic N) is 3. The summed E-state index contributed by atoms with van der Waals surface area (Å²) < 4.78 is 30.2. The second kappa shape index (κ2) is 8.21. The van der Waals surface area contributed by atoms with Gasteiger partial charge in [0.1, 0.15) is 12.3 Å². The van der Waals surface area contributed by atoms with Crippen LogP contribution in [-0.2, 0) is 19.6 Å². The predicted octanol–water partition coefficient (Wildman–Crippen LogP) is 1.15. The molecule has 2 aromatic rings. The summed E-state index contributed by atoms with van der Waals surface area (Å²) in [4.78, 5) is 25.7. The molecule has 27 heavy (non-hydrogen) atoms. The van der Waals surface area contributed by atoms with E-state index < -0.39 is 28.4 Å². The van der Waals surface area contributed by atoms with Crippen LogP contribution >= 0.6 is 0 Å². The first-order valence-electron chi connectivity index (χ1n) is 8.08. The number of likely N-dealkylation sites (N-methyl/N-ethyl adjacent to an activating group) is 1. The van der Waals surface area contributed by atoms with Crippen LogP contribution in [0.5, 0.6) is 0 Å². The molecule has 2 amide bonds. The van der Waals surface area contributed by atoms with Gasteiger partial charge in [0, 0.05) is 13.1 Å². The Morgan fingerprint density at radius 1 is 1.19 bits per heavy atom. The molecule has 9 nitrogen and oxygen atoms in total. The van der Waals surface area contributed by atoms with Crippen molar-refractivity contribution in [1.29, 1.82) is 0 Å². The number of benzene rings is 1. The Hall–Kier alpha value is -2.88. The number of hydrogen-bond acceptors (Lipinski definition) is 6. The number of aromatic nitrogens is 1. The molecule has 0 spiro atoms. The van der Waals surface area contributed by atoms with Gasteiger partial charge in [0.05, 0.1) is 18.5 Å². The summed E-state index contributed by atoms with van der Waals surface area (Å²) in [5.41, 5.74) is 1.14. The molecule has 146 valence electrons. The molecule has 1 aromatic heterocycles. The van der Waals surface area contributed by atoms with Gasteiger partial charge in [-0.15, -0.1) is 0 Å². The Morgan fingerprint density at radius 3 is 2.41 bits per heavy atom. The van der Waals surface area contributed by atoms with Gasteiger partial charge in [0.15, 0.2) is 5.82 Å². The van der Waals surface area contributed by atoms with Crippen LogP contribution in [0.4, 0.5) is 11.5 Å². The van der Waals surface area contributed by atoms with Crippen molar-refractivity contribution < 1.29 is 22.5 Å². The third-order valence-corrected chi connectivity index (χ3v) is 4.89. The number of nitrogens with one attached hydrogen (secondary N) is 1. The molecule has 0 saturated heterocycles. The van der Waals surface area contributed by atoms with Crippen LogP contribution in [0.2, 0.25) is 0 Å². The number of para-hydroxylation sites is 1. The molecule has 0 radical (unpaired) electrons. The first-order chi connectivity index (χ1) is 12.6. The maximum Gasteiger partial charge on any atom is 0.245 e. The number of carbonyl (C=O) groups is 2. The first-order valence-corrected chi connectivity index (χ1v) is 9.93. The van der Waals surface area contributed by atoms with Crippen LogP contribution in [0.25, 0.3) is 0 Å². The summed E-state index contributed by atoms with van der Waals surface area (Å²) in [7, 11) is -2.26. The van der Waals surface area contributed by atoms with E-state index in [1.54, 1.807) is 44.2 Å². The van der Waals surface area contributed by atoms with Gasteiger partial charge < -0.3 is 14.7 Å². The van der Waals surface area contributed by atoms with Gasteiger partial charge in [-0.05, 0) is 25.5 Å². The van der Waals surface area contributed by atoms with E-state index in [9.17, 15) is 18.0 Å². The van der Waals surface area contributed by atoms with Crippen molar-refractivity contribution in [3.8, 4) is 0 Å². The molecule has 1 aromatic carbocycles. The highest BCUT2D eigenvalue weighted by Gasteiger charge is 2.24. The fourth-order valence-corrected chi connectivity index (χ4v) is 3.29. The van der Waals surface area contributed by atoms with E-state index in [-0.39, 0.29) is 12.4 Å². The zero-order valence-corrected chi connectivity index (χ0v) is 16.4. The number of amides is 2. The lowest BCUT2D eigenvalue weighted by molar-refractivity contribution is -0.131. The first kappa shape index (κ1) is 20.4. The van der Waals surface area contributed by atoms with Gasteiger partial charge in [-0.1, -0.05) is 23.4 Å². The molecule has 2 rings (SSSR count). The van der Waals surface area contributed by atoms with Crippen molar-refractivity contribution in [3.63, 3.8) is 0 Å². The largest absolute Gasteiger partial charge is 0.360 e. The fraction of sp³-hybridized carbons (Fsp3) is 0.353. The van der Waals surface area contributed by atoms with Crippen molar-refractivity contribution in [2.75, 3.05) is 36.0 Å². The zero-order valence-electron chi connectivity index (χ0n) is 15.6. The predicted molar refractivity (Wildman–Crippen MR) is 101 cm³/mol. The highest BCUT2D eigenvalue weighted by atomic mass is 32.2. The summed E-state index contributed by atoms with van der Waals surface area (Å²) in [6.45, 7) is 2.78. The third kappa shape index (κ3) is 5.55. The number of aryl methyl sites for hydroxylation is 2. The van der Waals surface area contributed by atoms with Crippen molar-refractivity contribution in [1.82, 2.24) is 10.1 Å². The van der Waals surface area contributed by atoms with Gasteiger partial charge >= 0.3 is 0 Å². The van der Waals surface area contributed by atoms with E-state index in [0.29, 0.717) is 11.4 Å². The quantitative estimate of drug-likeness (QED) is 0.754. The Kier molecular flexibility index (Phi) is 6.21. The molecule has 10 heteroatoms. The van der Waals surface area contributed by atoms with E-state index in [0.717, 1.165) is 21.0 Å². The highest BCUT2D eigenvalue weighted by Crippen LogP contribution is 2.22. The lowest BCUT2D eigenvalue weighted by atomic mass is 10.2. The number of sulfonamides is 1. The van der Waals surface area contributed by atoms with E-state index in [4.69, 9.17) is 4.52 Å². The van der Waals surface area contributed by atoms with Gasteiger partial charge in [0.25, 0.3) is 0 Å². The molecule has 1 N–H and O–H groups in total. The Labute approximate surface area is 158 Å². The Bertz CT molecular complexity index is 938. The number of anilines is 2. The molecular weight excluding hydrogens is 372 g/mol. The Morgan fingerprint density at radius 2 is 1.85 bits per heavy atom. The van der Waals surface area contributed by atoms with Crippen molar-refractivity contribution in [3.05, 3.63) is 41.7 Å². The minimum absolute atomic E-state index is 0.246. The van der Waals surface area contributed by atoms with Crippen molar-refractivity contribution in [2.24, 2.45) is 0 Å². The maximum atomic E-state index is 12.5. The van der Waals surface area contributed by atoms with E-state index >= 15 is 0 Å². The standard InChI is InChI=1S/C17H22N4O5S/c1-12-7-5-6-8-14(12)21(27(4,24)25)11-17(23)20(3)10-16(22)18-15-9-13(2)26-19-15/h5-9H,10-11H2,1-4H3,(H,18,19,22). The Balaban J connectivity index is 2.06. The van der Waals surface area contributed by atoms with Gasteiger partial charge in [0.2, 0.25) is 21.8 Å². The summed E-state index contributed by atoms with van der Waals surface area (Å²) in [6, 6.07) is 8.41. The average Bonchev–Trinajstić information content (AvgIpc) is 2.96. The molecule has 0 aliphatic rings. The minimum atomic E-state index is -3.68. The second-order valence-corrected chi connectivity index (χ2v) is 8.08. The average molecular weight is 394 g/mol.